The molecule has 114 valence electrons. The summed E-state index contributed by atoms with van der Waals surface area (Å²) in [5.74, 6) is 0.0190. The van der Waals surface area contributed by atoms with E-state index in [0.717, 1.165) is 0 Å². The second-order valence-electron chi connectivity index (χ2n) is 4.49. The molecule has 0 unspecified atom stereocenters. The first-order chi connectivity index (χ1) is 9.10. The fourth-order valence-corrected chi connectivity index (χ4v) is 3.98. The zero-order valence-corrected chi connectivity index (χ0v) is 14.0. The molecular weight excluding hydrogens is 322 g/mol. The summed E-state index contributed by atoms with van der Waals surface area (Å²) in [5, 5.41) is 0. The summed E-state index contributed by atoms with van der Waals surface area (Å²) in [4.78, 5) is -0.0213. The van der Waals surface area contributed by atoms with Gasteiger partial charge in [-0.2, -0.15) is 0 Å². The first-order valence-electron chi connectivity index (χ1n) is 6.19. The Balaban J connectivity index is 3.36. The van der Waals surface area contributed by atoms with E-state index in [9.17, 15) is 16.8 Å². The first-order valence-corrected chi connectivity index (χ1v) is 10.2. The highest BCUT2D eigenvalue weighted by Crippen LogP contribution is 2.28. The van der Waals surface area contributed by atoms with E-state index in [0.29, 0.717) is 29.7 Å². The standard InChI is InChI=1S/C12H18ClNO4S2/c1-4-6-19(15,16)14-12-9(3)7-11(20(13,17)18)8-10(12)5-2/h7-8,14H,4-6H2,1-3H3. The second-order valence-corrected chi connectivity index (χ2v) is 8.89. The molecule has 1 rings (SSSR count). The third kappa shape index (κ3) is 4.36. The summed E-state index contributed by atoms with van der Waals surface area (Å²) in [5.41, 5.74) is 1.57. The van der Waals surface area contributed by atoms with Crippen LogP contribution in [0.3, 0.4) is 0 Å². The normalized spacial score (nSPS) is 12.4. The molecule has 0 bridgehead atoms. The Hall–Kier alpha value is -0.790. The van der Waals surface area contributed by atoms with Crippen molar-refractivity contribution in [3.8, 4) is 0 Å². The number of nitrogens with one attached hydrogen (secondary N) is 1. The molecule has 1 N–H and O–H groups in total. The van der Waals surface area contributed by atoms with Crippen molar-refractivity contribution in [3.63, 3.8) is 0 Å². The molecular formula is C12H18ClNO4S2. The van der Waals surface area contributed by atoms with Crippen LogP contribution >= 0.6 is 10.7 Å². The molecule has 5 nitrogen and oxygen atoms in total. The van der Waals surface area contributed by atoms with Crippen LogP contribution in [0.25, 0.3) is 0 Å². The fraction of sp³-hybridized carbons (Fsp3) is 0.500. The summed E-state index contributed by atoms with van der Waals surface area (Å²) >= 11 is 0. The quantitative estimate of drug-likeness (QED) is 0.808. The summed E-state index contributed by atoms with van der Waals surface area (Å²) in [7, 11) is -1.93. The molecule has 0 aliphatic carbocycles. The lowest BCUT2D eigenvalue weighted by Gasteiger charge is -2.15. The van der Waals surface area contributed by atoms with E-state index in [1.165, 1.54) is 12.1 Å². The van der Waals surface area contributed by atoms with Crippen molar-refractivity contribution < 1.29 is 16.8 Å². The van der Waals surface area contributed by atoms with Crippen molar-refractivity contribution in [3.05, 3.63) is 23.3 Å². The van der Waals surface area contributed by atoms with Crippen molar-refractivity contribution >= 4 is 35.4 Å². The lowest BCUT2D eigenvalue weighted by molar-refractivity contribution is 0.599. The van der Waals surface area contributed by atoms with Gasteiger partial charge in [-0.05, 0) is 43.0 Å². The lowest BCUT2D eigenvalue weighted by atomic mass is 10.1. The molecule has 8 heteroatoms. The maximum Gasteiger partial charge on any atom is 0.261 e. The number of rotatable bonds is 6. The van der Waals surface area contributed by atoms with Gasteiger partial charge in [-0.15, -0.1) is 0 Å². The Labute approximate surface area is 124 Å². The van der Waals surface area contributed by atoms with Crippen LogP contribution in [0.1, 0.15) is 31.4 Å². The van der Waals surface area contributed by atoms with Gasteiger partial charge in [-0.25, -0.2) is 16.8 Å². The van der Waals surface area contributed by atoms with Crippen LogP contribution in [0.15, 0.2) is 17.0 Å². The molecule has 0 aliphatic heterocycles. The predicted octanol–water partition coefficient (Wildman–Crippen LogP) is 2.64. The van der Waals surface area contributed by atoms with Crippen LogP contribution < -0.4 is 4.72 Å². The van der Waals surface area contributed by atoms with E-state index in [1.807, 2.05) is 6.92 Å². The molecule has 1 aromatic rings. The summed E-state index contributed by atoms with van der Waals surface area (Å²) in [6.07, 6.45) is 0.995. The van der Waals surface area contributed by atoms with E-state index < -0.39 is 19.1 Å². The Morgan fingerprint density at radius 3 is 2.20 bits per heavy atom. The molecule has 0 heterocycles. The van der Waals surface area contributed by atoms with E-state index in [2.05, 4.69) is 4.72 Å². The minimum absolute atomic E-state index is 0.0190. The number of hydrogen-bond acceptors (Lipinski definition) is 4. The van der Waals surface area contributed by atoms with Crippen LogP contribution in [0, 0.1) is 6.92 Å². The minimum Gasteiger partial charge on any atom is -0.283 e. The largest absolute Gasteiger partial charge is 0.283 e. The molecule has 0 fully saturated rings. The van der Waals surface area contributed by atoms with Gasteiger partial charge in [0.1, 0.15) is 0 Å². The Morgan fingerprint density at radius 2 is 1.75 bits per heavy atom. The smallest absolute Gasteiger partial charge is 0.261 e. The maximum absolute atomic E-state index is 11.8. The Bertz CT molecular complexity index is 696. The maximum atomic E-state index is 11.8. The number of hydrogen-bond donors (Lipinski definition) is 1. The number of benzene rings is 1. The molecule has 1 aromatic carbocycles. The van der Waals surface area contributed by atoms with Gasteiger partial charge >= 0.3 is 0 Å². The topological polar surface area (TPSA) is 80.3 Å². The van der Waals surface area contributed by atoms with Crippen LogP contribution in [0.4, 0.5) is 5.69 Å². The van der Waals surface area contributed by atoms with Crippen molar-refractivity contribution in [2.45, 2.75) is 38.5 Å². The molecule has 0 radical (unpaired) electrons. The van der Waals surface area contributed by atoms with Crippen molar-refractivity contribution in [2.24, 2.45) is 0 Å². The first kappa shape index (κ1) is 17.3. The van der Waals surface area contributed by atoms with Gasteiger partial charge in [-0.1, -0.05) is 13.8 Å². The Kier molecular flexibility index (Phi) is 5.46. The third-order valence-electron chi connectivity index (χ3n) is 2.78. The molecule has 0 amide bonds. The highest BCUT2D eigenvalue weighted by Gasteiger charge is 2.18. The lowest BCUT2D eigenvalue weighted by Crippen LogP contribution is -2.18. The second kappa shape index (κ2) is 6.32. The van der Waals surface area contributed by atoms with E-state index >= 15 is 0 Å². The minimum atomic E-state index is -3.83. The monoisotopic (exact) mass is 339 g/mol. The van der Waals surface area contributed by atoms with Crippen molar-refractivity contribution in [1.82, 2.24) is 0 Å². The van der Waals surface area contributed by atoms with Crippen molar-refractivity contribution in [2.75, 3.05) is 10.5 Å². The molecule has 0 spiro atoms. The molecule has 0 saturated carbocycles. The third-order valence-corrected chi connectivity index (χ3v) is 5.58. The fourth-order valence-electron chi connectivity index (χ4n) is 1.87. The van der Waals surface area contributed by atoms with Gasteiger partial charge in [0.05, 0.1) is 16.3 Å². The number of sulfonamides is 1. The van der Waals surface area contributed by atoms with Gasteiger partial charge in [0, 0.05) is 10.7 Å². The van der Waals surface area contributed by atoms with E-state index in [-0.39, 0.29) is 10.6 Å². The summed E-state index contributed by atoms with van der Waals surface area (Å²) < 4.78 is 49.0. The van der Waals surface area contributed by atoms with E-state index in [1.54, 1.807) is 13.8 Å². The van der Waals surface area contributed by atoms with Crippen LogP contribution in [0.5, 0.6) is 0 Å². The highest BCUT2D eigenvalue weighted by atomic mass is 35.7. The SMILES string of the molecule is CCCS(=O)(=O)Nc1c(C)cc(S(=O)(=O)Cl)cc1CC. The number of halogens is 1. The molecule has 20 heavy (non-hydrogen) atoms. The van der Waals surface area contributed by atoms with Crippen LogP contribution in [-0.2, 0) is 25.5 Å². The molecule has 0 saturated heterocycles. The predicted molar refractivity (Wildman–Crippen MR) is 81.3 cm³/mol. The highest BCUT2D eigenvalue weighted by molar-refractivity contribution is 8.13. The van der Waals surface area contributed by atoms with Crippen LogP contribution in [-0.4, -0.2) is 22.6 Å². The zero-order chi connectivity index (χ0) is 15.6. The van der Waals surface area contributed by atoms with Gasteiger partial charge in [-0.3, -0.25) is 4.72 Å². The summed E-state index contributed by atoms with van der Waals surface area (Å²) in [6.45, 7) is 5.24. The molecule has 0 aliphatic rings. The number of aryl methyl sites for hydroxylation is 2. The van der Waals surface area contributed by atoms with Gasteiger partial charge in [0.25, 0.3) is 9.05 Å². The van der Waals surface area contributed by atoms with E-state index in [4.69, 9.17) is 10.7 Å². The molecule has 0 aromatic heterocycles. The van der Waals surface area contributed by atoms with Gasteiger partial charge in [0.2, 0.25) is 10.0 Å². The van der Waals surface area contributed by atoms with Crippen LogP contribution in [0.2, 0.25) is 0 Å². The molecule has 0 atom stereocenters. The average molecular weight is 340 g/mol. The summed E-state index contributed by atoms with van der Waals surface area (Å²) in [6, 6.07) is 2.77. The number of anilines is 1. The average Bonchev–Trinajstić information content (AvgIpc) is 2.29. The van der Waals surface area contributed by atoms with Crippen molar-refractivity contribution in [1.29, 1.82) is 0 Å². The van der Waals surface area contributed by atoms with Gasteiger partial charge in [0.15, 0.2) is 0 Å². The zero-order valence-electron chi connectivity index (χ0n) is 11.6. The Morgan fingerprint density at radius 1 is 1.15 bits per heavy atom. The van der Waals surface area contributed by atoms with Gasteiger partial charge < -0.3 is 0 Å².